The highest BCUT2D eigenvalue weighted by Gasteiger charge is 2.36. The summed E-state index contributed by atoms with van der Waals surface area (Å²) in [6, 6.07) is 4.37. The number of fused-ring (bicyclic) bond motifs is 1. The lowest BCUT2D eigenvalue weighted by Crippen LogP contribution is -2.36. The van der Waals surface area contributed by atoms with Gasteiger partial charge in [0.2, 0.25) is 11.9 Å². The topological polar surface area (TPSA) is 144 Å². The lowest BCUT2D eigenvalue weighted by atomic mass is 9.97. The van der Waals surface area contributed by atoms with Crippen molar-refractivity contribution in [2.24, 2.45) is 0 Å². The zero-order valence-corrected chi connectivity index (χ0v) is 19.9. The van der Waals surface area contributed by atoms with E-state index in [-0.39, 0.29) is 47.2 Å². The molecule has 1 aliphatic rings. The number of nitrogens with zero attached hydrogens (tertiary/aromatic N) is 2. The normalized spacial score (nSPS) is 14.1. The van der Waals surface area contributed by atoms with Gasteiger partial charge in [-0.1, -0.05) is 12.1 Å². The van der Waals surface area contributed by atoms with E-state index in [4.69, 9.17) is 5.41 Å². The molecule has 36 heavy (non-hydrogen) atoms. The first kappa shape index (κ1) is 26.4. The first-order chi connectivity index (χ1) is 17.1. The molecule has 0 unspecified atom stereocenters. The smallest absolute Gasteiger partial charge is 0.285 e. The SMILES string of the molecule is C=CCNC(=O)c1cnc(Nc2ccc3c(c2)CNCC3(F)F)nc1NC(=N)/C=C\C(=O)NC(C)C. The second kappa shape index (κ2) is 11.5. The maximum absolute atomic E-state index is 14.1. The quantitative estimate of drug-likeness (QED) is 0.135. The van der Waals surface area contributed by atoms with E-state index in [0.29, 0.717) is 17.8 Å². The summed E-state index contributed by atoms with van der Waals surface area (Å²) in [7, 11) is 0. The van der Waals surface area contributed by atoms with Crippen LogP contribution >= 0.6 is 0 Å². The van der Waals surface area contributed by atoms with E-state index in [1.165, 1.54) is 36.6 Å². The van der Waals surface area contributed by atoms with Crippen molar-refractivity contribution in [2.75, 3.05) is 23.7 Å². The molecule has 0 spiro atoms. The average Bonchev–Trinajstić information content (AvgIpc) is 2.80. The molecule has 1 aliphatic heterocycles. The molecule has 0 aliphatic carbocycles. The molecule has 0 bridgehead atoms. The zero-order valence-electron chi connectivity index (χ0n) is 19.9. The average molecular weight is 499 g/mol. The van der Waals surface area contributed by atoms with Crippen LogP contribution in [0, 0.1) is 5.41 Å². The van der Waals surface area contributed by atoms with Crippen molar-refractivity contribution in [2.45, 2.75) is 32.4 Å². The van der Waals surface area contributed by atoms with Crippen LogP contribution in [0.2, 0.25) is 0 Å². The minimum Gasteiger partial charge on any atom is -0.350 e. The molecule has 0 saturated heterocycles. The molecule has 190 valence electrons. The van der Waals surface area contributed by atoms with Gasteiger partial charge in [-0.05, 0) is 37.6 Å². The van der Waals surface area contributed by atoms with Gasteiger partial charge in [-0.3, -0.25) is 15.0 Å². The third-order valence-corrected chi connectivity index (χ3v) is 4.94. The Kier molecular flexibility index (Phi) is 8.43. The van der Waals surface area contributed by atoms with Gasteiger partial charge in [0.15, 0.2) is 0 Å². The Bertz CT molecular complexity index is 1200. The van der Waals surface area contributed by atoms with Crippen LogP contribution in [0.3, 0.4) is 0 Å². The molecule has 1 aromatic heterocycles. The number of rotatable bonds is 9. The van der Waals surface area contributed by atoms with Gasteiger partial charge in [-0.15, -0.1) is 6.58 Å². The van der Waals surface area contributed by atoms with Gasteiger partial charge >= 0.3 is 0 Å². The summed E-state index contributed by atoms with van der Waals surface area (Å²) < 4.78 is 28.2. The standard InChI is InChI=1S/C24H28F2N8O2/c1-4-9-29-22(36)17-12-30-23(34-21(17)33-19(27)7-8-20(35)31-14(2)3)32-16-5-6-18-15(10-16)11-28-13-24(18,25)26/h4-8,10,12,14,28H,1,9,11,13H2,2-3H3,(H,29,36)(H,31,35)(H3,27,30,32,33,34)/b8-7-. The lowest BCUT2D eigenvalue weighted by molar-refractivity contribution is -0.116. The second-order valence-electron chi connectivity index (χ2n) is 8.29. The van der Waals surface area contributed by atoms with E-state index >= 15 is 0 Å². The number of halogens is 2. The first-order valence-corrected chi connectivity index (χ1v) is 11.2. The Balaban J connectivity index is 1.84. The van der Waals surface area contributed by atoms with Gasteiger partial charge < -0.3 is 26.6 Å². The summed E-state index contributed by atoms with van der Waals surface area (Å²) >= 11 is 0. The number of aromatic nitrogens is 2. The lowest BCUT2D eigenvalue weighted by Gasteiger charge is -2.26. The van der Waals surface area contributed by atoms with Gasteiger partial charge in [0.05, 0.1) is 6.54 Å². The number of hydrogen-bond acceptors (Lipinski definition) is 7. The second-order valence-corrected chi connectivity index (χ2v) is 8.29. The summed E-state index contributed by atoms with van der Waals surface area (Å²) in [6.07, 6.45) is 5.19. The van der Waals surface area contributed by atoms with Crippen molar-refractivity contribution < 1.29 is 18.4 Å². The van der Waals surface area contributed by atoms with E-state index < -0.39 is 18.4 Å². The number of benzene rings is 1. The van der Waals surface area contributed by atoms with Crippen molar-refractivity contribution in [3.63, 3.8) is 0 Å². The Morgan fingerprint density at radius 2 is 2.08 bits per heavy atom. The van der Waals surface area contributed by atoms with E-state index in [2.05, 4.69) is 43.1 Å². The number of nitrogens with one attached hydrogen (secondary N) is 6. The van der Waals surface area contributed by atoms with Gasteiger partial charge in [-0.25, -0.2) is 4.98 Å². The van der Waals surface area contributed by atoms with Crippen LogP contribution in [0.4, 0.5) is 26.2 Å². The molecule has 12 heteroatoms. The summed E-state index contributed by atoms with van der Waals surface area (Å²) in [5.74, 6) is -3.95. The Morgan fingerprint density at radius 1 is 1.31 bits per heavy atom. The molecule has 3 rings (SSSR count). The molecule has 0 atom stereocenters. The molecule has 10 nitrogen and oxygen atoms in total. The van der Waals surface area contributed by atoms with Gasteiger partial charge in [0.25, 0.3) is 11.8 Å². The number of anilines is 3. The van der Waals surface area contributed by atoms with Crippen molar-refractivity contribution in [3.8, 4) is 0 Å². The maximum atomic E-state index is 14.1. The molecule has 2 amide bonds. The number of amidine groups is 1. The van der Waals surface area contributed by atoms with Gasteiger partial charge in [-0.2, -0.15) is 13.8 Å². The van der Waals surface area contributed by atoms with Crippen molar-refractivity contribution in [1.29, 1.82) is 5.41 Å². The highest BCUT2D eigenvalue weighted by molar-refractivity contribution is 6.08. The number of carbonyl (C=O) groups excluding carboxylic acids is 2. The fourth-order valence-electron chi connectivity index (χ4n) is 3.38. The summed E-state index contributed by atoms with van der Waals surface area (Å²) in [6.45, 7) is 7.26. The Morgan fingerprint density at radius 3 is 2.81 bits per heavy atom. The van der Waals surface area contributed by atoms with Crippen LogP contribution in [0.15, 0.2) is 49.2 Å². The molecule has 2 heterocycles. The predicted octanol–water partition coefficient (Wildman–Crippen LogP) is 2.80. The Labute approximate surface area is 207 Å². The van der Waals surface area contributed by atoms with Crippen LogP contribution in [0.5, 0.6) is 0 Å². The predicted molar refractivity (Wildman–Crippen MR) is 134 cm³/mol. The highest BCUT2D eigenvalue weighted by Crippen LogP contribution is 2.34. The molecular weight excluding hydrogens is 470 g/mol. The minimum atomic E-state index is -2.96. The van der Waals surface area contributed by atoms with Crippen molar-refractivity contribution in [1.82, 2.24) is 25.9 Å². The minimum absolute atomic E-state index is 0.0131. The van der Waals surface area contributed by atoms with Crippen LogP contribution in [-0.4, -0.2) is 46.7 Å². The third-order valence-electron chi connectivity index (χ3n) is 4.94. The van der Waals surface area contributed by atoms with E-state index in [1.807, 2.05) is 13.8 Å². The molecule has 0 radical (unpaired) electrons. The monoisotopic (exact) mass is 498 g/mol. The van der Waals surface area contributed by atoms with E-state index in [0.717, 1.165) is 0 Å². The van der Waals surface area contributed by atoms with Crippen LogP contribution in [-0.2, 0) is 17.3 Å². The maximum Gasteiger partial charge on any atom is 0.285 e. The molecule has 6 N–H and O–H groups in total. The highest BCUT2D eigenvalue weighted by atomic mass is 19.3. The number of hydrogen-bond donors (Lipinski definition) is 6. The van der Waals surface area contributed by atoms with Crippen molar-refractivity contribution >= 4 is 35.1 Å². The van der Waals surface area contributed by atoms with E-state index in [1.54, 1.807) is 6.07 Å². The molecule has 0 fully saturated rings. The Hall–Kier alpha value is -4.19. The largest absolute Gasteiger partial charge is 0.350 e. The van der Waals surface area contributed by atoms with Gasteiger partial charge in [0.1, 0.15) is 17.2 Å². The zero-order chi connectivity index (χ0) is 26.3. The fourth-order valence-corrected chi connectivity index (χ4v) is 3.38. The van der Waals surface area contributed by atoms with Crippen LogP contribution in [0.25, 0.3) is 0 Å². The van der Waals surface area contributed by atoms with Crippen LogP contribution in [0.1, 0.15) is 35.3 Å². The number of amides is 2. The summed E-state index contributed by atoms with van der Waals surface area (Å²) in [5, 5.41) is 21.7. The molecule has 1 aromatic carbocycles. The third kappa shape index (κ3) is 6.92. The molecular formula is C24H28F2N8O2. The first-order valence-electron chi connectivity index (χ1n) is 11.2. The van der Waals surface area contributed by atoms with Crippen LogP contribution < -0.4 is 26.6 Å². The summed E-state index contributed by atoms with van der Waals surface area (Å²) in [5.41, 5.74) is 0.942. The summed E-state index contributed by atoms with van der Waals surface area (Å²) in [4.78, 5) is 32.8. The number of carbonyl (C=O) groups is 2. The van der Waals surface area contributed by atoms with Gasteiger partial charge in [0, 0.05) is 42.7 Å². The molecule has 0 saturated carbocycles. The molecule has 2 aromatic rings. The van der Waals surface area contributed by atoms with E-state index in [9.17, 15) is 18.4 Å². The fraction of sp³-hybridized carbons (Fsp3) is 0.292. The number of alkyl halides is 2. The van der Waals surface area contributed by atoms with Crippen molar-refractivity contribution in [3.05, 3.63) is 65.9 Å².